The highest BCUT2D eigenvalue weighted by Gasteiger charge is 2.47. The molecule has 4 fully saturated rings. The van der Waals surface area contributed by atoms with Crippen molar-refractivity contribution in [2.75, 3.05) is 13.2 Å². The van der Waals surface area contributed by atoms with Crippen molar-refractivity contribution in [2.45, 2.75) is 51.1 Å². The molecule has 0 saturated heterocycles. The number of benzene rings is 1. The van der Waals surface area contributed by atoms with E-state index in [1.165, 1.54) is 0 Å². The summed E-state index contributed by atoms with van der Waals surface area (Å²) in [6.07, 6.45) is 4.73. The van der Waals surface area contributed by atoms with Gasteiger partial charge in [0.2, 0.25) is 0 Å². The van der Waals surface area contributed by atoms with Crippen molar-refractivity contribution in [3.8, 4) is 5.75 Å². The van der Waals surface area contributed by atoms with Gasteiger partial charge in [0, 0.05) is 22.5 Å². The number of fused-ring (bicyclic) bond motifs is 2. The zero-order valence-corrected chi connectivity index (χ0v) is 16.8. The summed E-state index contributed by atoms with van der Waals surface area (Å²) in [5.41, 5.74) is 0.187. The van der Waals surface area contributed by atoms with Crippen LogP contribution in [0.25, 0.3) is 0 Å². The molecule has 2 N–H and O–H groups in total. The zero-order chi connectivity index (χ0) is 19.7. The van der Waals surface area contributed by atoms with Crippen molar-refractivity contribution >= 4 is 23.6 Å². The monoisotopic (exact) mass is 406 g/mol. The molecule has 4 aliphatic carbocycles. The van der Waals surface area contributed by atoms with Gasteiger partial charge in [0.1, 0.15) is 5.75 Å². The van der Waals surface area contributed by atoms with Gasteiger partial charge in [-0.15, -0.1) is 0 Å². The van der Waals surface area contributed by atoms with Crippen LogP contribution in [-0.2, 0) is 9.53 Å². The Kier molecular flexibility index (Phi) is 5.41. The number of amides is 2. The summed E-state index contributed by atoms with van der Waals surface area (Å²) in [6, 6.07) is 7.05. The number of ether oxygens (including phenoxy) is 2. The van der Waals surface area contributed by atoms with E-state index >= 15 is 0 Å². The number of hydrogen-bond donors (Lipinski definition) is 2. The van der Waals surface area contributed by atoms with Crippen molar-refractivity contribution in [2.24, 2.45) is 17.3 Å². The Morgan fingerprint density at radius 1 is 1.07 bits per heavy atom. The summed E-state index contributed by atoms with van der Waals surface area (Å²) < 4.78 is 10.9. The number of rotatable bonds is 7. The molecule has 5 rings (SSSR count). The molecule has 4 saturated carbocycles. The second-order valence-corrected chi connectivity index (χ2v) is 9.22. The molecular weight excluding hydrogens is 380 g/mol. The second kappa shape index (κ2) is 7.82. The highest BCUT2D eigenvalue weighted by Crippen LogP contribution is 2.46. The lowest BCUT2D eigenvalue weighted by atomic mass is 9.60. The Morgan fingerprint density at radius 2 is 1.71 bits per heavy atom. The van der Waals surface area contributed by atoms with Gasteiger partial charge < -0.3 is 20.1 Å². The van der Waals surface area contributed by atoms with Crippen LogP contribution in [0.5, 0.6) is 5.75 Å². The highest BCUT2D eigenvalue weighted by atomic mass is 35.5. The van der Waals surface area contributed by atoms with E-state index in [1.807, 2.05) is 0 Å². The number of nitrogens with one attached hydrogen (secondary N) is 2. The number of carbonyl (C=O) groups is 2. The standard InChI is InChI=1S/C21H27ClN2O4/c1-21(6-7-21)12-28-20(26)24-18-10-17(13-8-14(18)9-13)23-19(25)11-27-16-4-2-15(22)3-5-16/h2-5,13-14,17-18H,6-12H2,1H3,(H,23,25)(H,24,26)/t13?,14?,17-,18+/m1/s1. The maximum atomic E-state index is 12.3. The van der Waals surface area contributed by atoms with E-state index in [9.17, 15) is 9.59 Å². The van der Waals surface area contributed by atoms with Crippen LogP contribution in [0.3, 0.4) is 0 Å². The van der Waals surface area contributed by atoms with Gasteiger partial charge in [0.05, 0.1) is 6.61 Å². The lowest BCUT2D eigenvalue weighted by Crippen LogP contribution is -2.60. The smallest absolute Gasteiger partial charge is 0.407 e. The quantitative estimate of drug-likeness (QED) is 0.726. The van der Waals surface area contributed by atoms with Gasteiger partial charge >= 0.3 is 6.09 Å². The molecule has 6 nitrogen and oxygen atoms in total. The first-order valence-corrected chi connectivity index (χ1v) is 10.4. The first kappa shape index (κ1) is 19.4. The van der Waals surface area contributed by atoms with Crippen LogP contribution in [0.15, 0.2) is 24.3 Å². The van der Waals surface area contributed by atoms with Crippen LogP contribution in [0.4, 0.5) is 4.79 Å². The number of carbonyl (C=O) groups excluding carboxylic acids is 2. The van der Waals surface area contributed by atoms with Crippen LogP contribution in [0, 0.1) is 17.3 Å². The van der Waals surface area contributed by atoms with E-state index in [4.69, 9.17) is 21.1 Å². The fraction of sp³-hybridized carbons (Fsp3) is 0.619. The predicted molar refractivity (Wildman–Crippen MR) is 105 cm³/mol. The van der Waals surface area contributed by atoms with Crippen LogP contribution >= 0.6 is 11.6 Å². The minimum absolute atomic E-state index is 0.0347. The van der Waals surface area contributed by atoms with Gasteiger partial charge in [0.15, 0.2) is 6.61 Å². The molecular formula is C21H27ClN2O4. The third-order valence-corrected chi connectivity index (χ3v) is 6.60. The van der Waals surface area contributed by atoms with Crippen LogP contribution in [0.2, 0.25) is 5.02 Å². The summed E-state index contributed by atoms with van der Waals surface area (Å²) in [6.45, 7) is 2.59. The Labute approximate surface area is 170 Å². The minimum atomic E-state index is -0.334. The summed E-state index contributed by atoms with van der Waals surface area (Å²) in [7, 11) is 0. The second-order valence-electron chi connectivity index (χ2n) is 8.78. The molecule has 0 aliphatic heterocycles. The normalized spacial score (nSPS) is 29.2. The van der Waals surface area contributed by atoms with Crippen molar-refractivity contribution in [1.29, 1.82) is 0 Å². The van der Waals surface area contributed by atoms with Crippen LogP contribution in [-0.4, -0.2) is 37.3 Å². The van der Waals surface area contributed by atoms with Gasteiger partial charge in [-0.05, 0) is 68.2 Å². The molecule has 1 aromatic rings. The molecule has 2 bridgehead atoms. The average molecular weight is 407 g/mol. The topological polar surface area (TPSA) is 76.7 Å². The number of alkyl carbamates (subject to hydrolysis) is 1. The Bertz CT molecular complexity index is 728. The molecule has 7 heteroatoms. The fourth-order valence-corrected chi connectivity index (χ4v) is 4.22. The molecule has 2 amide bonds. The molecule has 0 unspecified atom stereocenters. The Morgan fingerprint density at radius 3 is 2.36 bits per heavy atom. The average Bonchev–Trinajstić information content (AvgIpc) is 3.36. The molecule has 0 spiro atoms. The first-order chi connectivity index (χ1) is 13.4. The fourth-order valence-electron chi connectivity index (χ4n) is 4.10. The number of hydrogen-bond acceptors (Lipinski definition) is 4. The highest BCUT2D eigenvalue weighted by molar-refractivity contribution is 6.30. The largest absolute Gasteiger partial charge is 0.484 e. The van der Waals surface area contributed by atoms with E-state index in [2.05, 4.69) is 17.6 Å². The van der Waals surface area contributed by atoms with E-state index < -0.39 is 0 Å². The summed E-state index contributed by atoms with van der Waals surface area (Å²) in [5, 5.41) is 6.72. The van der Waals surface area contributed by atoms with Gasteiger partial charge in [-0.25, -0.2) is 4.79 Å². The third-order valence-electron chi connectivity index (χ3n) is 6.35. The molecule has 0 heterocycles. The maximum Gasteiger partial charge on any atom is 0.407 e. The molecule has 2 atom stereocenters. The lowest BCUT2D eigenvalue weighted by Gasteiger charge is -2.51. The van der Waals surface area contributed by atoms with Crippen molar-refractivity contribution in [1.82, 2.24) is 10.6 Å². The summed E-state index contributed by atoms with van der Waals surface area (Å²) in [5.74, 6) is 1.45. The minimum Gasteiger partial charge on any atom is -0.484 e. The predicted octanol–water partition coefficient (Wildman–Crippen LogP) is 3.53. The van der Waals surface area contributed by atoms with Gasteiger partial charge in [-0.3, -0.25) is 4.79 Å². The Balaban J connectivity index is 1.21. The van der Waals surface area contributed by atoms with Gasteiger partial charge in [-0.2, -0.15) is 0 Å². The van der Waals surface area contributed by atoms with Crippen molar-refractivity contribution in [3.05, 3.63) is 29.3 Å². The van der Waals surface area contributed by atoms with Gasteiger partial charge in [-0.1, -0.05) is 18.5 Å². The first-order valence-electron chi connectivity index (χ1n) is 10.0. The van der Waals surface area contributed by atoms with Crippen molar-refractivity contribution < 1.29 is 19.1 Å². The Hall–Kier alpha value is -1.95. The third kappa shape index (κ3) is 4.72. The molecule has 152 valence electrons. The zero-order valence-electron chi connectivity index (χ0n) is 16.1. The van der Waals surface area contributed by atoms with E-state index in [0.717, 1.165) is 32.1 Å². The van der Waals surface area contributed by atoms with E-state index in [0.29, 0.717) is 29.2 Å². The maximum absolute atomic E-state index is 12.3. The molecule has 28 heavy (non-hydrogen) atoms. The SMILES string of the molecule is CC1(COC(=O)N[C@H]2C[C@@H](NC(=O)COc3ccc(Cl)cc3)C3CC2C3)CC1. The van der Waals surface area contributed by atoms with E-state index in [-0.39, 0.29) is 36.1 Å². The van der Waals surface area contributed by atoms with Gasteiger partial charge in [0.25, 0.3) is 5.91 Å². The van der Waals surface area contributed by atoms with Crippen molar-refractivity contribution in [3.63, 3.8) is 0 Å². The number of halogens is 1. The lowest BCUT2D eigenvalue weighted by molar-refractivity contribution is -0.125. The summed E-state index contributed by atoms with van der Waals surface area (Å²) in [4.78, 5) is 24.4. The summed E-state index contributed by atoms with van der Waals surface area (Å²) >= 11 is 5.84. The molecule has 0 radical (unpaired) electrons. The van der Waals surface area contributed by atoms with Crippen LogP contribution < -0.4 is 15.4 Å². The molecule has 1 aromatic carbocycles. The molecule has 4 aliphatic rings. The molecule has 0 aromatic heterocycles. The van der Waals surface area contributed by atoms with E-state index in [1.54, 1.807) is 24.3 Å². The van der Waals surface area contributed by atoms with Crippen LogP contribution in [0.1, 0.15) is 39.0 Å².